The van der Waals surface area contributed by atoms with E-state index in [0.717, 1.165) is 49.7 Å². The first kappa shape index (κ1) is 38.7. The summed E-state index contributed by atoms with van der Waals surface area (Å²) >= 11 is 0. The van der Waals surface area contributed by atoms with E-state index in [1.54, 1.807) is 57.6 Å². The van der Waals surface area contributed by atoms with Crippen LogP contribution in [-0.2, 0) is 28.6 Å². The number of benzene rings is 2. The van der Waals surface area contributed by atoms with Crippen LogP contribution in [0.3, 0.4) is 0 Å². The summed E-state index contributed by atoms with van der Waals surface area (Å²) in [6.07, 6.45) is 14.8. The molecule has 0 unspecified atom stereocenters. The van der Waals surface area contributed by atoms with Crippen molar-refractivity contribution in [2.45, 2.75) is 64.7 Å². The smallest absolute Gasteiger partial charge is 0.333 e. The van der Waals surface area contributed by atoms with Gasteiger partial charge in [0.05, 0.1) is 47.3 Å². The largest absolute Gasteiger partial charge is 0.493 e. The molecule has 266 valence electrons. The molecule has 0 spiro atoms. The predicted molar refractivity (Wildman–Crippen MR) is 188 cm³/mol. The van der Waals surface area contributed by atoms with Crippen LogP contribution >= 0.6 is 0 Å². The topological polar surface area (TPSA) is 116 Å². The number of hydrogen-bond donors (Lipinski definition) is 0. The van der Waals surface area contributed by atoms with Gasteiger partial charge in [0.25, 0.3) is 0 Å². The van der Waals surface area contributed by atoms with Gasteiger partial charge in [0, 0.05) is 24.1 Å². The molecule has 2 aromatic rings. The number of rotatable bonds is 22. The average molecular weight is 679 g/mol. The van der Waals surface area contributed by atoms with Crippen molar-refractivity contribution >= 4 is 30.1 Å². The van der Waals surface area contributed by atoms with Crippen molar-refractivity contribution < 1.29 is 47.5 Å². The second-order valence-corrected chi connectivity index (χ2v) is 11.8. The van der Waals surface area contributed by atoms with Crippen LogP contribution in [0.15, 0.2) is 60.7 Å². The summed E-state index contributed by atoms with van der Waals surface area (Å²) in [5.74, 6) is 1.58. The molecule has 49 heavy (non-hydrogen) atoms. The normalized spacial score (nSPS) is 13.0. The van der Waals surface area contributed by atoms with Crippen LogP contribution in [0.5, 0.6) is 23.0 Å². The van der Waals surface area contributed by atoms with Crippen molar-refractivity contribution in [3.63, 3.8) is 0 Å². The van der Waals surface area contributed by atoms with Gasteiger partial charge in [0.15, 0.2) is 23.0 Å². The summed E-state index contributed by atoms with van der Waals surface area (Å²) in [6.45, 7) is 7.10. The van der Waals surface area contributed by atoms with Gasteiger partial charge in [-0.3, -0.25) is 0 Å². The molecular weight excluding hydrogens is 628 g/mol. The summed E-state index contributed by atoms with van der Waals surface area (Å²) in [4.78, 5) is 35.7. The van der Waals surface area contributed by atoms with Crippen molar-refractivity contribution in [3.05, 3.63) is 71.8 Å². The fourth-order valence-corrected chi connectivity index (χ4v) is 5.06. The fourth-order valence-electron chi connectivity index (χ4n) is 5.06. The Morgan fingerprint density at radius 3 is 1.73 bits per heavy atom. The lowest BCUT2D eigenvalue weighted by molar-refractivity contribution is -0.139. The maximum atomic E-state index is 12.3. The molecule has 0 radical (unpaired) electrons. The molecule has 0 N–H and O–H groups in total. The van der Waals surface area contributed by atoms with Gasteiger partial charge < -0.3 is 33.2 Å². The van der Waals surface area contributed by atoms with Gasteiger partial charge in [-0.15, -0.1) is 0 Å². The zero-order valence-corrected chi connectivity index (χ0v) is 29.0. The molecule has 0 aromatic heterocycles. The molecule has 0 bridgehead atoms. The summed E-state index contributed by atoms with van der Waals surface area (Å²) in [7, 11) is 3.12. The van der Waals surface area contributed by atoms with Gasteiger partial charge in [0.1, 0.15) is 0 Å². The highest BCUT2D eigenvalue weighted by Crippen LogP contribution is 2.30. The number of carbonyl (C=O) groups excluding carboxylic acids is 3. The predicted octanol–water partition coefficient (Wildman–Crippen LogP) is 7.53. The molecule has 0 heterocycles. The van der Waals surface area contributed by atoms with Gasteiger partial charge >= 0.3 is 17.9 Å². The minimum absolute atomic E-state index is 0.186. The van der Waals surface area contributed by atoms with Crippen LogP contribution < -0.4 is 18.9 Å². The molecule has 10 heteroatoms. The average Bonchev–Trinajstić information content (AvgIpc) is 3.64. The third-order valence-electron chi connectivity index (χ3n) is 7.80. The first-order valence-electron chi connectivity index (χ1n) is 16.9. The lowest BCUT2D eigenvalue weighted by atomic mass is 10.1. The summed E-state index contributed by atoms with van der Waals surface area (Å²) in [5.41, 5.74) is 1.95. The molecule has 1 fully saturated rings. The van der Waals surface area contributed by atoms with E-state index in [-0.39, 0.29) is 18.5 Å². The molecule has 10 nitrogen and oxygen atoms in total. The first-order valence-corrected chi connectivity index (χ1v) is 16.9. The van der Waals surface area contributed by atoms with Crippen molar-refractivity contribution in [1.29, 1.82) is 0 Å². The van der Waals surface area contributed by atoms with E-state index in [2.05, 4.69) is 6.58 Å². The van der Waals surface area contributed by atoms with E-state index in [1.165, 1.54) is 25.0 Å². The quantitative estimate of drug-likeness (QED) is 0.0535. The zero-order valence-electron chi connectivity index (χ0n) is 29.0. The molecule has 0 amide bonds. The van der Waals surface area contributed by atoms with E-state index < -0.39 is 5.97 Å². The van der Waals surface area contributed by atoms with E-state index in [0.29, 0.717) is 67.3 Å². The van der Waals surface area contributed by atoms with E-state index in [1.807, 2.05) is 12.1 Å². The van der Waals surface area contributed by atoms with Crippen LogP contribution in [0.4, 0.5) is 0 Å². The summed E-state index contributed by atoms with van der Waals surface area (Å²) in [5, 5.41) is 0. The lowest BCUT2D eigenvalue weighted by Gasteiger charge is -2.12. The number of hydrogen-bond acceptors (Lipinski definition) is 10. The van der Waals surface area contributed by atoms with Crippen molar-refractivity contribution in [1.82, 2.24) is 0 Å². The SMILES string of the molecule is C=C(C)C(=O)OCCCCCCOc1ccc(/C=C/C(=O)OCCCOc2ccc(/C=C/C(=O)OCC3CCCC3)cc2OC)cc1OC. The Bertz CT molecular complexity index is 1420. The lowest BCUT2D eigenvalue weighted by Crippen LogP contribution is -2.09. The number of carbonyl (C=O) groups is 3. The standard InChI is InChI=1S/C39H50O10/c1-29(2)39(42)48-23-10-6-5-9-22-45-33-18-14-30(26-35(33)43-3)16-20-37(40)47-25-11-24-46-34-19-15-31(27-36(34)44-4)17-21-38(41)49-28-32-12-7-8-13-32/h14-21,26-27,32H,1,5-13,22-25,28H2,2-4H3/b20-16+,21-17+. The first-order chi connectivity index (χ1) is 23.8. The van der Waals surface area contributed by atoms with Crippen LogP contribution in [0, 0.1) is 5.92 Å². The zero-order chi connectivity index (χ0) is 35.3. The van der Waals surface area contributed by atoms with Gasteiger partial charge in [-0.05, 0) is 98.9 Å². The Labute approximate surface area is 290 Å². The van der Waals surface area contributed by atoms with Crippen LogP contribution in [0.25, 0.3) is 12.2 Å². The molecule has 0 aliphatic heterocycles. The maximum Gasteiger partial charge on any atom is 0.333 e. The molecule has 3 rings (SSSR count). The number of unbranched alkanes of at least 4 members (excludes halogenated alkanes) is 3. The van der Waals surface area contributed by atoms with Crippen molar-refractivity contribution in [3.8, 4) is 23.0 Å². The molecule has 1 aliphatic carbocycles. The molecule has 0 saturated heterocycles. The molecule has 2 aromatic carbocycles. The highest BCUT2D eigenvalue weighted by molar-refractivity contribution is 5.88. The van der Waals surface area contributed by atoms with Crippen LogP contribution in [0.2, 0.25) is 0 Å². The van der Waals surface area contributed by atoms with Gasteiger partial charge in [-0.2, -0.15) is 0 Å². The molecule has 1 saturated carbocycles. The minimum Gasteiger partial charge on any atom is -0.493 e. The molecule has 0 atom stereocenters. The third kappa shape index (κ3) is 14.9. The highest BCUT2D eigenvalue weighted by atomic mass is 16.5. The number of esters is 3. The monoisotopic (exact) mass is 678 g/mol. The Morgan fingerprint density at radius 2 is 1.18 bits per heavy atom. The van der Waals surface area contributed by atoms with Gasteiger partial charge in [-0.25, -0.2) is 14.4 Å². The minimum atomic E-state index is -0.468. The van der Waals surface area contributed by atoms with Gasteiger partial charge in [-0.1, -0.05) is 31.6 Å². The van der Waals surface area contributed by atoms with E-state index in [4.69, 9.17) is 33.2 Å². The summed E-state index contributed by atoms with van der Waals surface area (Å²) < 4.78 is 38.4. The third-order valence-corrected chi connectivity index (χ3v) is 7.80. The number of ether oxygens (including phenoxy) is 7. The molecule has 1 aliphatic rings. The van der Waals surface area contributed by atoms with E-state index >= 15 is 0 Å². The van der Waals surface area contributed by atoms with Gasteiger partial charge in [0.2, 0.25) is 0 Å². The Morgan fingerprint density at radius 1 is 0.673 bits per heavy atom. The van der Waals surface area contributed by atoms with Crippen molar-refractivity contribution in [2.75, 3.05) is 47.3 Å². The van der Waals surface area contributed by atoms with Crippen LogP contribution in [0.1, 0.15) is 75.8 Å². The second kappa shape index (κ2) is 22.0. The number of methoxy groups -OCH3 is 2. The second-order valence-electron chi connectivity index (χ2n) is 11.8. The Balaban J connectivity index is 1.32. The highest BCUT2D eigenvalue weighted by Gasteiger charge is 2.16. The fraction of sp³-hybridized carbons (Fsp3) is 0.462. The van der Waals surface area contributed by atoms with E-state index in [9.17, 15) is 14.4 Å². The van der Waals surface area contributed by atoms with Crippen LogP contribution in [-0.4, -0.2) is 65.2 Å². The molecular formula is C39H50O10. The summed E-state index contributed by atoms with van der Waals surface area (Å²) in [6, 6.07) is 10.8. The Hall–Kier alpha value is -4.73. The van der Waals surface area contributed by atoms with Crippen molar-refractivity contribution in [2.24, 2.45) is 5.92 Å². The Kier molecular flexibility index (Phi) is 17.4. The maximum absolute atomic E-state index is 12.3.